The third-order valence-electron chi connectivity index (χ3n) is 6.63. The zero-order chi connectivity index (χ0) is 20.4. The molecule has 1 saturated carbocycles. The van der Waals surface area contributed by atoms with E-state index in [1.807, 2.05) is 30.3 Å². The lowest BCUT2D eigenvalue weighted by atomic mass is 9.78. The molecule has 0 radical (unpaired) electrons. The molecule has 0 amide bonds. The second kappa shape index (κ2) is 8.14. The Hall–Kier alpha value is -2.81. The first-order valence-corrected chi connectivity index (χ1v) is 11.2. The van der Waals surface area contributed by atoms with Gasteiger partial charge >= 0.3 is 0 Å². The number of nitrogens with zero attached hydrogens (tertiary/aromatic N) is 1. The number of allylic oxidation sites excluding steroid dienone is 7. The summed E-state index contributed by atoms with van der Waals surface area (Å²) in [4.78, 5) is 5.16. The summed E-state index contributed by atoms with van der Waals surface area (Å²) >= 11 is 0. The van der Waals surface area contributed by atoms with Crippen molar-refractivity contribution < 1.29 is 6.16 Å². The topological polar surface area (TPSA) is 33.6 Å². The number of hydrogen-bond donors (Lipinski definition) is 1. The predicted molar refractivity (Wildman–Crippen MR) is 126 cm³/mol. The fraction of sp³-hybridized carbons (Fsp3) is 0.370. The van der Waals surface area contributed by atoms with Crippen LogP contribution in [0.1, 0.15) is 34.0 Å². The molecular formula is C27H32N2O. The molecule has 3 heteroatoms. The summed E-state index contributed by atoms with van der Waals surface area (Å²) in [6.07, 6.45) is 22.8. The molecule has 1 aromatic carbocycles. The van der Waals surface area contributed by atoms with Crippen LogP contribution in [0.5, 0.6) is 5.75 Å². The van der Waals surface area contributed by atoms with Gasteiger partial charge in [-0.25, -0.2) is 0 Å². The number of rotatable bonds is 5. The molecule has 156 valence electrons. The van der Waals surface area contributed by atoms with Crippen molar-refractivity contribution >= 4 is 5.84 Å². The van der Waals surface area contributed by atoms with E-state index in [2.05, 4.69) is 60.8 Å². The van der Waals surface area contributed by atoms with Crippen molar-refractivity contribution in [3.8, 4) is 5.75 Å². The monoisotopic (exact) mass is 400 g/mol. The average molecular weight is 401 g/mol. The van der Waals surface area contributed by atoms with Crippen LogP contribution in [-0.2, 0) is 0 Å². The Balaban J connectivity index is 0.00000231. The first kappa shape index (κ1) is 19.2. The van der Waals surface area contributed by atoms with Crippen molar-refractivity contribution in [3.63, 3.8) is 0 Å². The van der Waals surface area contributed by atoms with E-state index in [9.17, 15) is 0 Å². The summed E-state index contributed by atoms with van der Waals surface area (Å²) in [5, 5.41) is 3.80. The summed E-state index contributed by atoms with van der Waals surface area (Å²) in [5.74, 6) is 3.25. The van der Waals surface area contributed by atoms with Crippen molar-refractivity contribution in [2.24, 2.45) is 16.8 Å². The third-order valence-corrected chi connectivity index (χ3v) is 6.63. The zero-order valence-electron chi connectivity index (χ0n) is 17.6. The van der Waals surface area contributed by atoms with Crippen LogP contribution in [0.4, 0.5) is 0 Å². The molecule has 0 bridgehead atoms. The molecule has 0 aromatic heterocycles. The fourth-order valence-corrected chi connectivity index (χ4v) is 4.82. The lowest BCUT2D eigenvalue weighted by molar-refractivity contribution is 0.369. The number of ether oxygens (including phenoxy) is 1. The van der Waals surface area contributed by atoms with Gasteiger partial charge in [0, 0.05) is 1.43 Å². The van der Waals surface area contributed by atoms with E-state index in [0.29, 0.717) is 12.5 Å². The van der Waals surface area contributed by atoms with Crippen LogP contribution < -0.4 is 10.1 Å². The molecule has 5 rings (SSSR count). The maximum Gasteiger partial charge on any atom is 0.145 e. The Morgan fingerprint density at radius 1 is 1.17 bits per heavy atom. The first-order valence-electron chi connectivity index (χ1n) is 11.2. The van der Waals surface area contributed by atoms with Crippen LogP contribution >= 0.6 is 0 Å². The van der Waals surface area contributed by atoms with Gasteiger partial charge in [0.05, 0.1) is 5.54 Å². The SMILES string of the molecule is C[C@@]1(/C2=C/C3CC3/C=C\CC2)NC(COc2ccccc2)=N[C@@H]1C1=CCC=CC=C1.[HH]. The molecule has 30 heavy (non-hydrogen) atoms. The van der Waals surface area contributed by atoms with Gasteiger partial charge in [0.25, 0.3) is 0 Å². The Labute approximate surface area is 181 Å². The van der Waals surface area contributed by atoms with Crippen LogP contribution in [-0.4, -0.2) is 24.0 Å². The molecule has 4 atom stereocenters. The normalized spacial score (nSPS) is 34.8. The summed E-state index contributed by atoms with van der Waals surface area (Å²) in [6, 6.07) is 10.1. The van der Waals surface area contributed by atoms with E-state index in [4.69, 9.17) is 9.73 Å². The summed E-state index contributed by atoms with van der Waals surface area (Å²) < 4.78 is 6.03. The van der Waals surface area contributed by atoms with Gasteiger partial charge in [0.15, 0.2) is 0 Å². The van der Waals surface area contributed by atoms with Gasteiger partial charge < -0.3 is 10.1 Å². The van der Waals surface area contributed by atoms with Gasteiger partial charge in [0.1, 0.15) is 24.2 Å². The number of nitrogens with one attached hydrogen (secondary N) is 1. The Kier molecular flexibility index (Phi) is 5.20. The highest BCUT2D eigenvalue weighted by molar-refractivity contribution is 5.88. The van der Waals surface area contributed by atoms with Gasteiger partial charge in [-0.1, -0.05) is 66.8 Å². The molecule has 3 aliphatic carbocycles. The van der Waals surface area contributed by atoms with Gasteiger partial charge in [-0.2, -0.15) is 0 Å². The number of hydrogen-bond acceptors (Lipinski definition) is 3. The number of benzene rings is 1. The Morgan fingerprint density at radius 2 is 2.07 bits per heavy atom. The lowest BCUT2D eigenvalue weighted by Crippen LogP contribution is -2.50. The second-order valence-corrected chi connectivity index (χ2v) is 8.86. The minimum Gasteiger partial charge on any atom is -0.486 e. The standard InChI is InChI=1S/C27H30N2O.H2/c1-27(23-14-10-9-13-21-17-22(21)18-23)26(20-11-5-2-3-6-12-20)28-25(29-27)19-30-24-15-7-4-8-16-24;/h2-5,7-9,11-13,15-16,18,21-22,26H,6,10,14,17,19H2,1H3,(H,28,29);1H/b13-9-,23-18+;/t21?,22?,26-,27+;/m1./s1. The van der Waals surface area contributed by atoms with Gasteiger partial charge in [-0.05, 0) is 67.7 Å². The van der Waals surface area contributed by atoms with Crippen LogP contribution in [0, 0.1) is 11.8 Å². The molecule has 4 aliphatic rings. The van der Waals surface area contributed by atoms with E-state index in [1.165, 1.54) is 17.6 Å². The molecule has 0 saturated heterocycles. The summed E-state index contributed by atoms with van der Waals surface area (Å²) in [5.41, 5.74) is 2.57. The molecule has 1 aliphatic heterocycles. The number of aliphatic imine (C=N–C) groups is 1. The predicted octanol–water partition coefficient (Wildman–Crippen LogP) is 5.80. The third kappa shape index (κ3) is 3.94. The molecule has 0 spiro atoms. The second-order valence-electron chi connectivity index (χ2n) is 8.86. The van der Waals surface area contributed by atoms with Gasteiger partial charge in [-0.15, -0.1) is 0 Å². The quantitative estimate of drug-likeness (QED) is 0.634. The highest BCUT2D eigenvalue weighted by Gasteiger charge is 2.46. The number of para-hydroxylation sites is 1. The molecule has 3 nitrogen and oxygen atoms in total. The van der Waals surface area contributed by atoms with E-state index in [-0.39, 0.29) is 13.0 Å². The molecule has 1 fully saturated rings. The average Bonchev–Trinajstić information content (AvgIpc) is 3.45. The van der Waals surface area contributed by atoms with Crippen molar-refractivity contribution in [2.45, 2.75) is 44.2 Å². The first-order chi connectivity index (χ1) is 14.7. The van der Waals surface area contributed by atoms with Crippen LogP contribution in [0.3, 0.4) is 0 Å². The molecular weight excluding hydrogens is 368 g/mol. The zero-order valence-corrected chi connectivity index (χ0v) is 17.6. The number of amidine groups is 1. The molecule has 1 heterocycles. The highest BCUT2D eigenvalue weighted by Crippen LogP contribution is 2.46. The van der Waals surface area contributed by atoms with Gasteiger partial charge in [-0.3, -0.25) is 4.99 Å². The summed E-state index contributed by atoms with van der Waals surface area (Å²) in [6.45, 7) is 2.79. The molecule has 2 unspecified atom stereocenters. The van der Waals surface area contributed by atoms with Crippen molar-refractivity contribution in [2.75, 3.05) is 6.61 Å². The lowest BCUT2D eigenvalue weighted by Gasteiger charge is -2.35. The fourth-order valence-electron chi connectivity index (χ4n) is 4.82. The van der Waals surface area contributed by atoms with Crippen molar-refractivity contribution in [1.82, 2.24) is 5.32 Å². The van der Waals surface area contributed by atoms with E-state index < -0.39 is 0 Å². The molecule has 1 N–H and O–H groups in total. The van der Waals surface area contributed by atoms with E-state index in [0.717, 1.165) is 36.8 Å². The van der Waals surface area contributed by atoms with Crippen LogP contribution in [0.2, 0.25) is 0 Å². The smallest absolute Gasteiger partial charge is 0.145 e. The van der Waals surface area contributed by atoms with Crippen LogP contribution in [0.25, 0.3) is 0 Å². The van der Waals surface area contributed by atoms with Crippen molar-refractivity contribution in [1.29, 1.82) is 0 Å². The molecule has 1 aromatic rings. The minimum absolute atomic E-state index is 0. The Bertz CT molecular complexity index is 972. The van der Waals surface area contributed by atoms with Crippen molar-refractivity contribution in [3.05, 3.63) is 90.1 Å². The maximum atomic E-state index is 6.03. The van der Waals surface area contributed by atoms with E-state index in [1.54, 1.807) is 0 Å². The largest absolute Gasteiger partial charge is 0.486 e. The minimum atomic E-state index is -0.214. The highest BCUT2D eigenvalue weighted by atomic mass is 16.5. The van der Waals surface area contributed by atoms with E-state index >= 15 is 0 Å². The van der Waals surface area contributed by atoms with Crippen LogP contribution in [0.15, 0.2) is 95.1 Å². The maximum absolute atomic E-state index is 6.03. The van der Waals surface area contributed by atoms with Gasteiger partial charge in [0.2, 0.25) is 0 Å². The Morgan fingerprint density at radius 3 is 2.97 bits per heavy atom. The number of fused-ring (bicyclic) bond motifs is 1. The summed E-state index contributed by atoms with van der Waals surface area (Å²) in [7, 11) is 0.